The first-order valence-corrected chi connectivity index (χ1v) is 7.28. The molecule has 1 fully saturated rings. The van der Waals surface area contributed by atoms with E-state index in [1.165, 1.54) is 32.1 Å². The van der Waals surface area contributed by atoms with Crippen LogP contribution in [0.5, 0.6) is 0 Å². The van der Waals surface area contributed by atoms with Crippen LogP contribution in [0.3, 0.4) is 0 Å². The summed E-state index contributed by atoms with van der Waals surface area (Å²) >= 11 is 0. The Morgan fingerprint density at radius 1 is 0.938 bits per heavy atom. The van der Waals surface area contributed by atoms with E-state index in [0.717, 1.165) is 29.6 Å². The average Bonchev–Trinajstić information content (AvgIpc) is 2.28. The van der Waals surface area contributed by atoms with E-state index in [9.17, 15) is 0 Å². The van der Waals surface area contributed by atoms with Crippen LogP contribution in [0.4, 0.5) is 0 Å². The number of hydrogen-bond acceptors (Lipinski definition) is 0. The van der Waals surface area contributed by atoms with Crippen LogP contribution in [-0.4, -0.2) is 0 Å². The summed E-state index contributed by atoms with van der Waals surface area (Å²) in [6, 6.07) is 0. The minimum absolute atomic E-state index is 0.906. The zero-order valence-corrected chi connectivity index (χ0v) is 11.5. The normalized spacial score (nSPS) is 45.2. The Morgan fingerprint density at radius 2 is 1.69 bits per heavy atom. The summed E-state index contributed by atoms with van der Waals surface area (Å²) in [7, 11) is 0. The summed E-state index contributed by atoms with van der Waals surface area (Å²) in [5.41, 5.74) is 1.81. The Kier molecular flexibility index (Phi) is 3.77. The molecule has 0 radical (unpaired) electrons. The highest BCUT2D eigenvalue weighted by atomic mass is 14.4. The van der Waals surface area contributed by atoms with Crippen LogP contribution < -0.4 is 0 Å². The minimum Gasteiger partial charge on any atom is -0.0848 e. The first-order chi connectivity index (χ1) is 7.59. The lowest BCUT2D eigenvalue weighted by Gasteiger charge is -2.41. The van der Waals surface area contributed by atoms with Gasteiger partial charge in [-0.2, -0.15) is 0 Å². The zero-order chi connectivity index (χ0) is 11.7. The van der Waals surface area contributed by atoms with Gasteiger partial charge in [-0.1, -0.05) is 39.3 Å². The second-order valence-electron chi connectivity index (χ2n) is 6.54. The summed E-state index contributed by atoms with van der Waals surface area (Å²) in [4.78, 5) is 0. The molecule has 0 N–H and O–H groups in total. The molecule has 0 aliphatic heterocycles. The Morgan fingerprint density at radius 3 is 2.31 bits per heavy atom. The van der Waals surface area contributed by atoms with Crippen molar-refractivity contribution in [1.29, 1.82) is 0 Å². The van der Waals surface area contributed by atoms with Gasteiger partial charge >= 0.3 is 0 Å². The summed E-state index contributed by atoms with van der Waals surface area (Å²) in [6.45, 7) is 9.79. The van der Waals surface area contributed by atoms with E-state index in [1.807, 2.05) is 5.57 Å². The molecule has 0 bridgehead atoms. The highest BCUT2D eigenvalue weighted by molar-refractivity contribution is 5.13. The Hall–Kier alpha value is -0.260. The van der Waals surface area contributed by atoms with E-state index in [1.54, 1.807) is 0 Å². The fraction of sp³-hybridized carbons (Fsp3) is 0.875. The fourth-order valence-electron chi connectivity index (χ4n) is 3.70. The van der Waals surface area contributed by atoms with Crippen molar-refractivity contribution in [3.05, 3.63) is 11.6 Å². The second-order valence-corrected chi connectivity index (χ2v) is 6.54. The number of rotatable bonds is 1. The summed E-state index contributed by atoms with van der Waals surface area (Å²) in [5, 5.41) is 0. The van der Waals surface area contributed by atoms with E-state index >= 15 is 0 Å². The number of allylic oxidation sites excluding steroid dienone is 2. The van der Waals surface area contributed by atoms with Crippen molar-refractivity contribution in [2.45, 2.75) is 59.8 Å². The van der Waals surface area contributed by atoms with E-state index < -0.39 is 0 Å². The van der Waals surface area contributed by atoms with Crippen LogP contribution in [-0.2, 0) is 0 Å². The van der Waals surface area contributed by atoms with Gasteiger partial charge in [0.05, 0.1) is 0 Å². The first kappa shape index (κ1) is 12.2. The molecule has 5 unspecified atom stereocenters. The van der Waals surface area contributed by atoms with Gasteiger partial charge in [0, 0.05) is 0 Å². The quantitative estimate of drug-likeness (QED) is 0.542. The molecule has 0 aromatic heterocycles. The van der Waals surface area contributed by atoms with Crippen LogP contribution in [0, 0.1) is 29.6 Å². The monoisotopic (exact) mass is 220 g/mol. The van der Waals surface area contributed by atoms with Crippen LogP contribution in [0.2, 0.25) is 0 Å². The molecular formula is C16H28. The molecule has 2 aliphatic carbocycles. The largest absolute Gasteiger partial charge is 0.0848 e. The van der Waals surface area contributed by atoms with Gasteiger partial charge < -0.3 is 0 Å². The van der Waals surface area contributed by atoms with Gasteiger partial charge in [-0.05, 0) is 61.7 Å². The van der Waals surface area contributed by atoms with Gasteiger partial charge in [-0.3, -0.25) is 0 Å². The minimum atomic E-state index is 0.906. The molecule has 0 saturated heterocycles. The van der Waals surface area contributed by atoms with Crippen molar-refractivity contribution in [3.63, 3.8) is 0 Å². The zero-order valence-electron chi connectivity index (χ0n) is 11.5. The van der Waals surface area contributed by atoms with Crippen molar-refractivity contribution in [1.82, 2.24) is 0 Å². The molecule has 0 heterocycles. The standard InChI is InChI=1S/C16H28/c1-11-5-8-15(9-6-11)16-10-7-12(2)13(3)14(16)4/h8,11-14,16H,5-7,9-10H2,1-4H3. The first-order valence-electron chi connectivity index (χ1n) is 7.28. The van der Waals surface area contributed by atoms with Gasteiger partial charge in [0.15, 0.2) is 0 Å². The van der Waals surface area contributed by atoms with Crippen molar-refractivity contribution in [2.75, 3.05) is 0 Å². The highest BCUT2D eigenvalue weighted by Gasteiger charge is 2.33. The van der Waals surface area contributed by atoms with Crippen molar-refractivity contribution in [2.24, 2.45) is 29.6 Å². The Bertz CT molecular complexity index is 263. The summed E-state index contributed by atoms with van der Waals surface area (Å²) < 4.78 is 0. The predicted octanol–water partition coefficient (Wildman–Crippen LogP) is 5.05. The number of hydrogen-bond donors (Lipinski definition) is 0. The molecule has 16 heavy (non-hydrogen) atoms. The Balaban J connectivity index is 2.04. The lowest BCUT2D eigenvalue weighted by molar-refractivity contribution is 0.142. The third-order valence-corrected chi connectivity index (χ3v) is 5.48. The molecule has 1 saturated carbocycles. The third kappa shape index (κ3) is 2.36. The SMILES string of the molecule is CC1CC=C(C2CCC(C)C(C)C2C)CC1. The van der Waals surface area contributed by atoms with Gasteiger partial charge in [0.1, 0.15) is 0 Å². The van der Waals surface area contributed by atoms with Gasteiger partial charge in [0.2, 0.25) is 0 Å². The molecule has 0 aromatic rings. The molecule has 0 aromatic carbocycles. The Labute approximate surface area is 102 Å². The van der Waals surface area contributed by atoms with Crippen molar-refractivity contribution in [3.8, 4) is 0 Å². The lowest BCUT2D eigenvalue weighted by atomic mass is 9.65. The smallest absolute Gasteiger partial charge is 0.0175 e. The van der Waals surface area contributed by atoms with Crippen molar-refractivity contribution < 1.29 is 0 Å². The van der Waals surface area contributed by atoms with Crippen LogP contribution in [0.15, 0.2) is 11.6 Å². The van der Waals surface area contributed by atoms with Crippen LogP contribution in [0.1, 0.15) is 59.8 Å². The van der Waals surface area contributed by atoms with Gasteiger partial charge in [-0.15, -0.1) is 0 Å². The van der Waals surface area contributed by atoms with Crippen molar-refractivity contribution >= 4 is 0 Å². The molecule has 0 nitrogen and oxygen atoms in total. The van der Waals surface area contributed by atoms with Gasteiger partial charge in [-0.25, -0.2) is 0 Å². The molecular weight excluding hydrogens is 192 g/mol. The summed E-state index contributed by atoms with van der Waals surface area (Å²) in [6.07, 6.45) is 9.63. The molecule has 0 heteroatoms. The van der Waals surface area contributed by atoms with E-state index in [-0.39, 0.29) is 0 Å². The van der Waals surface area contributed by atoms with Crippen LogP contribution in [0.25, 0.3) is 0 Å². The second kappa shape index (κ2) is 4.94. The maximum atomic E-state index is 2.58. The summed E-state index contributed by atoms with van der Waals surface area (Å²) in [5.74, 6) is 4.61. The van der Waals surface area contributed by atoms with E-state index in [4.69, 9.17) is 0 Å². The fourth-order valence-corrected chi connectivity index (χ4v) is 3.70. The van der Waals surface area contributed by atoms with Crippen LogP contribution >= 0.6 is 0 Å². The average molecular weight is 220 g/mol. The third-order valence-electron chi connectivity index (χ3n) is 5.48. The molecule has 92 valence electrons. The topological polar surface area (TPSA) is 0 Å². The molecule has 5 atom stereocenters. The molecule has 2 rings (SSSR count). The maximum absolute atomic E-state index is 2.58. The molecule has 0 amide bonds. The molecule has 2 aliphatic rings. The predicted molar refractivity (Wildman–Crippen MR) is 71.3 cm³/mol. The lowest BCUT2D eigenvalue weighted by Crippen LogP contribution is -2.31. The van der Waals surface area contributed by atoms with E-state index in [0.29, 0.717) is 0 Å². The highest BCUT2D eigenvalue weighted by Crippen LogP contribution is 2.44. The molecule has 0 spiro atoms. The maximum Gasteiger partial charge on any atom is -0.0175 e. The van der Waals surface area contributed by atoms with E-state index in [2.05, 4.69) is 33.8 Å². The van der Waals surface area contributed by atoms with Gasteiger partial charge in [0.25, 0.3) is 0 Å².